The standard InChI is InChI=1S/C15H20N2O3S/c1-3-11(9-21-2)16-15(20)17-12-7-5-4-6-10(12)8-13(17)14(18)19/h4-7,11,13H,3,8-9H2,1-2H3,(H,16,20)(H,18,19). The lowest BCUT2D eigenvalue weighted by Crippen LogP contribution is -2.51. The molecule has 0 saturated heterocycles. The maximum atomic E-state index is 12.5. The minimum atomic E-state index is -0.973. The molecule has 0 saturated carbocycles. The van der Waals surface area contributed by atoms with Crippen molar-refractivity contribution in [3.8, 4) is 0 Å². The third-order valence-corrected chi connectivity index (χ3v) is 4.40. The summed E-state index contributed by atoms with van der Waals surface area (Å²) < 4.78 is 0. The number of nitrogens with zero attached hydrogens (tertiary/aromatic N) is 1. The van der Waals surface area contributed by atoms with Crippen LogP contribution in [0, 0.1) is 0 Å². The first kappa shape index (κ1) is 15.7. The molecule has 2 atom stereocenters. The van der Waals surface area contributed by atoms with Crippen molar-refractivity contribution in [3.63, 3.8) is 0 Å². The van der Waals surface area contributed by atoms with Gasteiger partial charge in [0.25, 0.3) is 0 Å². The van der Waals surface area contributed by atoms with Crippen LogP contribution in [0.2, 0.25) is 0 Å². The molecule has 1 aliphatic heterocycles. The summed E-state index contributed by atoms with van der Waals surface area (Å²) in [4.78, 5) is 25.3. The first-order valence-corrected chi connectivity index (χ1v) is 8.37. The molecule has 2 N–H and O–H groups in total. The molecule has 2 amide bonds. The number of aliphatic carboxylic acids is 1. The van der Waals surface area contributed by atoms with Gasteiger partial charge in [0.05, 0.1) is 0 Å². The number of hydrogen-bond acceptors (Lipinski definition) is 3. The second kappa shape index (κ2) is 6.85. The van der Waals surface area contributed by atoms with E-state index in [1.807, 2.05) is 31.4 Å². The number of thioether (sulfide) groups is 1. The Morgan fingerprint density at radius 1 is 1.48 bits per heavy atom. The summed E-state index contributed by atoms with van der Waals surface area (Å²) in [7, 11) is 0. The number of para-hydroxylation sites is 1. The van der Waals surface area contributed by atoms with Gasteiger partial charge < -0.3 is 10.4 Å². The Morgan fingerprint density at radius 2 is 2.19 bits per heavy atom. The van der Waals surface area contributed by atoms with Gasteiger partial charge in [-0.1, -0.05) is 25.1 Å². The fourth-order valence-electron chi connectivity index (χ4n) is 2.54. The van der Waals surface area contributed by atoms with Crippen LogP contribution in [0.5, 0.6) is 0 Å². The van der Waals surface area contributed by atoms with Crippen molar-refractivity contribution in [2.75, 3.05) is 16.9 Å². The molecule has 2 unspecified atom stereocenters. The van der Waals surface area contributed by atoms with E-state index in [1.165, 1.54) is 4.90 Å². The summed E-state index contributed by atoms with van der Waals surface area (Å²) in [5, 5.41) is 12.3. The van der Waals surface area contributed by atoms with Crippen LogP contribution in [0.3, 0.4) is 0 Å². The lowest BCUT2D eigenvalue weighted by molar-refractivity contribution is -0.138. The molecule has 2 rings (SSSR count). The normalized spacial score (nSPS) is 18.2. The predicted octanol–water partition coefficient (Wildman–Crippen LogP) is 2.35. The van der Waals surface area contributed by atoms with Gasteiger partial charge in [-0.2, -0.15) is 11.8 Å². The number of nitrogens with one attached hydrogen (secondary N) is 1. The highest BCUT2D eigenvalue weighted by Gasteiger charge is 2.38. The minimum absolute atomic E-state index is 0.0507. The van der Waals surface area contributed by atoms with Crippen molar-refractivity contribution in [1.29, 1.82) is 0 Å². The van der Waals surface area contributed by atoms with E-state index in [9.17, 15) is 14.7 Å². The van der Waals surface area contributed by atoms with Crippen LogP contribution in [0.1, 0.15) is 18.9 Å². The number of urea groups is 1. The summed E-state index contributed by atoms with van der Waals surface area (Å²) in [6.45, 7) is 2.01. The number of carboxylic acids is 1. The van der Waals surface area contributed by atoms with Crippen LogP contribution in [-0.4, -0.2) is 41.2 Å². The zero-order chi connectivity index (χ0) is 15.4. The van der Waals surface area contributed by atoms with Gasteiger partial charge in [-0.05, 0) is 24.3 Å². The van der Waals surface area contributed by atoms with Crippen LogP contribution in [0.25, 0.3) is 0 Å². The van der Waals surface area contributed by atoms with Crippen LogP contribution >= 0.6 is 11.8 Å². The quantitative estimate of drug-likeness (QED) is 0.876. The number of carboxylic acid groups (broad SMARTS) is 1. The van der Waals surface area contributed by atoms with Crippen LogP contribution in [0.4, 0.5) is 10.5 Å². The van der Waals surface area contributed by atoms with Gasteiger partial charge in [0, 0.05) is 23.9 Å². The Balaban J connectivity index is 2.22. The van der Waals surface area contributed by atoms with Crippen LogP contribution < -0.4 is 10.2 Å². The summed E-state index contributed by atoms with van der Waals surface area (Å²) in [5.74, 6) is -0.158. The van der Waals surface area contributed by atoms with E-state index in [1.54, 1.807) is 17.8 Å². The van der Waals surface area contributed by atoms with Gasteiger partial charge in [-0.3, -0.25) is 4.90 Å². The predicted molar refractivity (Wildman–Crippen MR) is 85.0 cm³/mol. The van der Waals surface area contributed by atoms with E-state index in [4.69, 9.17) is 0 Å². The average molecular weight is 308 g/mol. The molecule has 0 bridgehead atoms. The first-order chi connectivity index (χ1) is 10.1. The van der Waals surface area contributed by atoms with Crippen molar-refractivity contribution in [1.82, 2.24) is 5.32 Å². The fraction of sp³-hybridized carbons (Fsp3) is 0.467. The van der Waals surface area contributed by atoms with Gasteiger partial charge in [0.1, 0.15) is 6.04 Å². The van der Waals surface area contributed by atoms with Crippen molar-refractivity contribution in [2.24, 2.45) is 0 Å². The zero-order valence-electron chi connectivity index (χ0n) is 12.2. The summed E-state index contributed by atoms with van der Waals surface area (Å²) in [5.41, 5.74) is 1.60. The molecule has 1 heterocycles. The largest absolute Gasteiger partial charge is 0.480 e. The van der Waals surface area contributed by atoms with E-state index in [2.05, 4.69) is 5.32 Å². The summed E-state index contributed by atoms with van der Waals surface area (Å²) in [6, 6.07) is 6.26. The van der Waals surface area contributed by atoms with E-state index in [0.717, 1.165) is 17.7 Å². The number of carbonyl (C=O) groups excluding carboxylic acids is 1. The molecule has 5 nitrogen and oxygen atoms in total. The highest BCUT2D eigenvalue weighted by Crippen LogP contribution is 2.32. The van der Waals surface area contributed by atoms with Gasteiger partial charge in [0.15, 0.2) is 0 Å². The Hall–Kier alpha value is -1.69. The number of amides is 2. The molecular formula is C15H20N2O3S. The Labute approximate surface area is 128 Å². The van der Waals surface area contributed by atoms with E-state index in [-0.39, 0.29) is 12.1 Å². The van der Waals surface area contributed by atoms with E-state index >= 15 is 0 Å². The third-order valence-electron chi connectivity index (χ3n) is 3.67. The number of anilines is 1. The summed E-state index contributed by atoms with van der Waals surface area (Å²) >= 11 is 1.66. The number of fused-ring (bicyclic) bond motifs is 1. The van der Waals surface area contributed by atoms with E-state index < -0.39 is 12.0 Å². The highest BCUT2D eigenvalue weighted by atomic mass is 32.2. The molecule has 1 aromatic carbocycles. The smallest absolute Gasteiger partial charge is 0.327 e. The van der Waals surface area contributed by atoms with Crippen LogP contribution in [-0.2, 0) is 11.2 Å². The third kappa shape index (κ3) is 3.32. The van der Waals surface area contributed by atoms with Crippen molar-refractivity contribution in [3.05, 3.63) is 29.8 Å². The van der Waals surface area contributed by atoms with E-state index in [0.29, 0.717) is 12.1 Å². The molecule has 6 heteroatoms. The molecule has 21 heavy (non-hydrogen) atoms. The molecule has 0 aromatic heterocycles. The van der Waals surface area contributed by atoms with Gasteiger partial charge >= 0.3 is 12.0 Å². The lowest BCUT2D eigenvalue weighted by Gasteiger charge is -2.26. The van der Waals surface area contributed by atoms with Gasteiger partial charge in [0.2, 0.25) is 0 Å². The average Bonchev–Trinajstić information content (AvgIpc) is 2.86. The number of rotatable bonds is 5. The maximum Gasteiger partial charge on any atom is 0.327 e. The Kier molecular flexibility index (Phi) is 5.12. The van der Waals surface area contributed by atoms with Crippen LogP contribution in [0.15, 0.2) is 24.3 Å². The number of carbonyl (C=O) groups is 2. The lowest BCUT2D eigenvalue weighted by atomic mass is 10.1. The Bertz CT molecular complexity index is 535. The molecule has 1 aromatic rings. The molecule has 114 valence electrons. The highest BCUT2D eigenvalue weighted by molar-refractivity contribution is 7.98. The molecule has 0 spiro atoms. The topological polar surface area (TPSA) is 69.6 Å². The molecule has 0 radical (unpaired) electrons. The minimum Gasteiger partial charge on any atom is -0.480 e. The number of hydrogen-bond donors (Lipinski definition) is 2. The second-order valence-corrected chi connectivity index (χ2v) is 5.98. The monoisotopic (exact) mass is 308 g/mol. The van der Waals surface area contributed by atoms with Gasteiger partial charge in [-0.25, -0.2) is 9.59 Å². The maximum absolute atomic E-state index is 12.5. The summed E-state index contributed by atoms with van der Waals surface area (Å²) in [6.07, 6.45) is 3.16. The number of benzene rings is 1. The molecule has 0 aliphatic carbocycles. The SMILES string of the molecule is CCC(CSC)NC(=O)N1c2ccccc2CC1C(=O)O. The first-order valence-electron chi connectivity index (χ1n) is 6.97. The zero-order valence-corrected chi connectivity index (χ0v) is 13.0. The molecular weight excluding hydrogens is 288 g/mol. The molecule has 1 aliphatic rings. The fourth-order valence-corrected chi connectivity index (χ4v) is 3.26. The van der Waals surface area contributed by atoms with Gasteiger partial charge in [-0.15, -0.1) is 0 Å². The Morgan fingerprint density at radius 3 is 2.81 bits per heavy atom. The van der Waals surface area contributed by atoms with Crippen molar-refractivity contribution >= 4 is 29.4 Å². The molecule has 0 fully saturated rings. The second-order valence-electron chi connectivity index (χ2n) is 5.07. The van der Waals surface area contributed by atoms with Crippen molar-refractivity contribution < 1.29 is 14.7 Å². The van der Waals surface area contributed by atoms with Crippen molar-refractivity contribution in [2.45, 2.75) is 31.8 Å².